The Labute approximate surface area is 160 Å². The number of carbonyl (C=O) groups excluding carboxylic acids is 2. The second-order valence-electron chi connectivity index (χ2n) is 8.41. The van der Waals surface area contributed by atoms with Gasteiger partial charge in [0.2, 0.25) is 5.91 Å². The van der Waals surface area contributed by atoms with E-state index in [1.165, 1.54) is 18.6 Å². The van der Waals surface area contributed by atoms with Crippen LogP contribution >= 0.6 is 0 Å². The number of carbonyl (C=O) groups is 2. The van der Waals surface area contributed by atoms with Crippen LogP contribution in [0.2, 0.25) is 0 Å². The maximum atomic E-state index is 13.4. The average molecular weight is 375 g/mol. The molecule has 0 bridgehead atoms. The molecule has 1 aliphatic heterocycles. The van der Waals surface area contributed by atoms with Crippen molar-refractivity contribution in [2.45, 2.75) is 51.5 Å². The first-order valence-corrected chi connectivity index (χ1v) is 9.92. The molecule has 1 heterocycles. The number of hydrogen-bond donors (Lipinski definition) is 2. The summed E-state index contributed by atoms with van der Waals surface area (Å²) in [7, 11) is 0. The van der Waals surface area contributed by atoms with Gasteiger partial charge >= 0.3 is 0 Å². The summed E-state index contributed by atoms with van der Waals surface area (Å²) in [6.45, 7) is 6.66. The summed E-state index contributed by atoms with van der Waals surface area (Å²) in [6.07, 6.45) is 5.25. The Morgan fingerprint density at radius 1 is 1.22 bits per heavy atom. The Balaban J connectivity index is 1.38. The minimum absolute atomic E-state index is 0.00888. The van der Waals surface area contributed by atoms with E-state index in [1.54, 1.807) is 13.0 Å². The molecule has 1 aliphatic carbocycles. The first-order chi connectivity index (χ1) is 12.8. The van der Waals surface area contributed by atoms with E-state index in [2.05, 4.69) is 22.5 Å². The number of halogens is 1. The standard InChI is InChI=1S/C21H30FN3O2/c1-15-10-17(12-18(22)11-15)20(27)23-13-16-4-8-25(9-5-16)14-19(26)24-21(2)6-3-7-21/h10-12,16H,3-9,13-14H2,1-2H3,(H,23,27)(H,24,26). The van der Waals surface area contributed by atoms with Crippen molar-refractivity contribution in [3.05, 3.63) is 35.1 Å². The van der Waals surface area contributed by atoms with Gasteiger partial charge in [0.15, 0.2) is 0 Å². The minimum Gasteiger partial charge on any atom is -0.352 e. The van der Waals surface area contributed by atoms with Gasteiger partial charge in [-0.25, -0.2) is 4.39 Å². The van der Waals surface area contributed by atoms with Crippen molar-refractivity contribution in [3.63, 3.8) is 0 Å². The van der Waals surface area contributed by atoms with Crippen LogP contribution in [-0.4, -0.2) is 48.4 Å². The predicted molar refractivity (Wildman–Crippen MR) is 103 cm³/mol. The van der Waals surface area contributed by atoms with Crippen LogP contribution in [0.4, 0.5) is 4.39 Å². The van der Waals surface area contributed by atoms with Gasteiger partial charge in [-0.05, 0) is 88.7 Å². The highest BCUT2D eigenvalue weighted by molar-refractivity contribution is 5.94. The number of amides is 2. The molecule has 2 fully saturated rings. The molecule has 2 N–H and O–H groups in total. The lowest BCUT2D eigenvalue weighted by Gasteiger charge is -2.40. The molecule has 27 heavy (non-hydrogen) atoms. The molecule has 0 radical (unpaired) electrons. The Bertz CT molecular complexity index is 674. The van der Waals surface area contributed by atoms with Crippen molar-refractivity contribution in [1.82, 2.24) is 15.5 Å². The van der Waals surface area contributed by atoms with Gasteiger partial charge in [-0.1, -0.05) is 0 Å². The number of benzene rings is 1. The SMILES string of the molecule is Cc1cc(F)cc(C(=O)NCC2CCN(CC(=O)NC3(C)CCC3)CC2)c1. The maximum absolute atomic E-state index is 13.4. The molecular formula is C21H30FN3O2. The van der Waals surface area contributed by atoms with Crippen molar-refractivity contribution in [1.29, 1.82) is 0 Å². The molecule has 0 atom stereocenters. The molecule has 6 heteroatoms. The Hall–Kier alpha value is -1.95. The molecule has 2 aliphatic rings. The van der Waals surface area contributed by atoms with Crippen LogP contribution in [0.3, 0.4) is 0 Å². The summed E-state index contributed by atoms with van der Waals surface area (Å²) in [5, 5.41) is 6.07. The maximum Gasteiger partial charge on any atom is 0.251 e. The van der Waals surface area contributed by atoms with Crippen molar-refractivity contribution in [2.75, 3.05) is 26.2 Å². The van der Waals surface area contributed by atoms with Crippen LogP contribution in [0.5, 0.6) is 0 Å². The molecule has 1 saturated carbocycles. The lowest BCUT2D eigenvalue weighted by molar-refractivity contribution is -0.125. The molecule has 0 unspecified atom stereocenters. The fourth-order valence-electron chi connectivity index (χ4n) is 3.97. The second-order valence-corrected chi connectivity index (χ2v) is 8.41. The van der Waals surface area contributed by atoms with Crippen LogP contribution in [-0.2, 0) is 4.79 Å². The first kappa shape index (κ1) is 19.8. The van der Waals surface area contributed by atoms with Crippen molar-refractivity contribution in [3.8, 4) is 0 Å². The van der Waals surface area contributed by atoms with Crippen LogP contribution < -0.4 is 10.6 Å². The highest BCUT2D eigenvalue weighted by atomic mass is 19.1. The summed E-state index contributed by atoms with van der Waals surface area (Å²) in [5.74, 6) is -0.104. The molecule has 1 aromatic rings. The smallest absolute Gasteiger partial charge is 0.251 e. The van der Waals surface area contributed by atoms with Gasteiger partial charge in [0, 0.05) is 17.6 Å². The number of likely N-dealkylation sites (tertiary alicyclic amines) is 1. The summed E-state index contributed by atoms with van der Waals surface area (Å²) in [4.78, 5) is 26.6. The lowest BCUT2D eigenvalue weighted by atomic mass is 9.78. The third kappa shape index (κ3) is 5.51. The van der Waals surface area contributed by atoms with Gasteiger partial charge in [0.25, 0.3) is 5.91 Å². The number of nitrogens with one attached hydrogen (secondary N) is 2. The summed E-state index contributed by atoms with van der Waals surface area (Å²) < 4.78 is 13.4. The van der Waals surface area contributed by atoms with Crippen LogP contribution in [0.1, 0.15) is 54.9 Å². The molecule has 0 aromatic heterocycles. The molecule has 5 nitrogen and oxygen atoms in total. The quantitative estimate of drug-likeness (QED) is 0.804. The number of hydrogen-bond acceptors (Lipinski definition) is 3. The van der Waals surface area contributed by atoms with Gasteiger partial charge in [0.05, 0.1) is 6.54 Å². The molecule has 0 spiro atoms. The van der Waals surface area contributed by atoms with E-state index in [-0.39, 0.29) is 23.2 Å². The third-order valence-corrected chi connectivity index (χ3v) is 5.83. The van der Waals surface area contributed by atoms with Crippen LogP contribution in [0.15, 0.2) is 18.2 Å². The summed E-state index contributed by atoms with van der Waals surface area (Å²) >= 11 is 0. The van der Waals surface area contributed by atoms with E-state index in [9.17, 15) is 14.0 Å². The van der Waals surface area contributed by atoms with E-state index in [0.29, 0.717) is 24.6 Å². The fourth-order valence-corrected chi connectivity index (χ4v) is 3.97. The third-order valence-electron chi connectivity index (χ3n) is 5.83. The van der Waals surface area contributed by atoms with E-state index >= 15 is 0 Å². The highest BCUT2D eigenvalue weighted by Crippen LogP contribution is 2.30. The number of rotatable bonds is 6. The van der Waals surface area contributed by atoms with Gasteiger partial charge in [-0.15, -0.1) is 0 Å². The zero-order valence-electron chi connectivity index (χ0n) is 16.3. The lowest BCUT2D eigenvalue weighted by Crippen LogP contribution is -2.54. The fraction of sp³-hybridized carbons (Fsp3) is 0.619. The normalized spacial score (nSPS) is 20.0. The van der Waals surface area contributed by atoms with Gasteiger partial charge in [0.1, 0.15) is 5.82 Å². The van der Waals surface area contributed by atoms with Gasteiger partial charge in [-0.3, -0.25) is 14.5 Å². The highest BCUT2D eigenvalue weighted by Gasteiger charge is 2.33. The number of piperidine rings is 1. The second kappa shape index (κ2) is 8.38. The number of nitrogens with zero attached hydrogens (tertiary/aromatic N) is 1. The van der Waals surface area contributed by atoms with Crippen LogP contribution in [0, 0.1) is 18.7 Å². The van der Waals surface area contributed by atoms with Crippen molar-refractivity contribution in [2.24, 2.45) is 5.92 Å². The Morgan fingerprint density at radius 3 is 2.52 bits per heavy atom. The van der Waals surface area contributed by atoms with Crippen LogP contribution in [0.25, 0.3) is 0 Å². The zero-order valence-corrected chi connectivity index (χ0v) is 16.3. The monoisotopic (exact) mass is 375 g/mol. The number of aryl methyl sites for hydroxylation is 1. The van der Waals surface area contributed by atoms with E-state index < -0.39 is 0 Å². The van der Waals surface area contributed by atoms with E-state index in [0.717, 1.165) is 44.3 Å². The van der Waals surface area contributed by atoms with Gasteiger partial charge < -0.3 is 10.6 Å². The summed E-state index contributed by atoms with van der Waals surface area (Å²) in [5.41, 5.74) is 1.11. The largest absolute Gasteiger partial charge is 0.352 e. The average Bonchev–Trinajstić information content (AvgIpc) is 2.58. The first-order valence-electron chi connectivity index (χ1n) is 9.92. The Morgan fingerprint density at radius 2 is 1.93 bits per heavy atom. The molecule has 2 amide bonds. The molecular weight excluding hydrogens is 345 g/mol. The molecule has 1 saturated heterocycles. The summed E-state index contributed by atoms with van der Waals surface area (Å²) in [6, 6.07) is 4.38. The van der Waals surface area contributed by atoms with E-state index in [1.807, 2.05) is 0 Å². The van der Waals surface area contributed by atoms with E-state index in [4.69, 9.17) is 0 Å². The molecule has 3 rings (SSSR count). The Kier molecular flexibility index (Phi) is 6.15. The molecule has 1 aromatic carbocycles. The predicted octanol–water partition coefficient (Wildman–Crippen LogP) is 2.63. The minimum atomic E-state index is -0.387. The van der Waals surface area contributed by atoms with Gasteiger partial charge in [-0.2, -0.15) is 0 Å². The van der Waals surface area contributed by atoms with Crippen molar-refractivity contribution >= 4 is 11.8 Å². The topological polar surface area (TPSA) is 61.4 Å². The zero-order chi connectivity index (χ0) is 19.4. The molecule has 148 valence electrons. The van der Waals surface area contributed by atoms with Crippen molar-refractivity contribution < 1.29 is 14.0 Å².